The molecule has 0 saturated carbocycles. The average molecular weight is 192 g/mol. The van der Waals surface area contributed by atoms with E-state index in [1.54, 1.807) is 21.3 Å². The summed E-state index contributed by atoms with van der Waals surface area (Å²) in [6, 6.07) is 0. The minimum absolute atomic E-state index is 0.622. The van der Waals surface area contributed by atoms with Crippen molar-refractivity contribution in [2.24, 2.45) is 5.73 Å². The molecule has 0 aliphatic rings. The van der Waals surface area contributed by atoms with Gasteiger partial charge in [0.05, 0.1) is 0 Å². The zero-order valence-corrected chi connectivity index (χ0v) is 8.63. The topological polar surface area (TPSA) is 65.7 Å². The predicted molar refractivity (Wildman–Crippen MR) is 50.3 cm³/mol. The molecule has 0 aromatic rings. The minimum atomic E-state index is -0.929. The zero-order chi connectivity index (χ0) is 10.2. The van der Waals surface area contributed by atoms with Gasteiger partial charge in [0.1, 0.15) is 0 Å². The molecule has 0 aromatic heterocycles. The molecule has 0 atom stereocenters. The number of ether oxygens (including phenoxy) is 3. The maximum atomic E-state index is 5.32. The van der Waals surface area contributed by atoms with E-state index in [0.717, 1.165) is 13.1 Å². The standard InChI is InChI=1S/C8H20N2O3/c1-11-8(12-2,13-3)4-6-10-7-5-9/h10H,4-7,9H2,1-3H3. The molecule has 0 amide bonds. The quantitative estimate of drug-likeness (QED) is 0.401. The van der Waals surface area contributed by atoms with Crippen molar-refractivity contribution in [1.82, 2.24) is 5.32 Å². The zero-order valence-electron chi connectivity index (χ0n) is 8.63. The second kappa shape index (κ2) is 7.23. The Balaban J connectivity index is 3.68. The fourth-order valence-electron chi connectivity index (χ4n) is 1.02. The van der Waals surface area contributed by atoms with Gasteiger partial charge in [0.25, 0.3) is 5.97 Å². The molecule has 0 aliphatic heterocycles. The Kier molecular flexibility index (Phi) is 7.12. The lowest BCUT2D eigenvalue weighted by atomic mass is 10.3. The molecule has 80 valence electrons. The van der Waals surface area contributed by atoms with Crippen LogP contribution in [0.4, 0.5) is 0 Å². The van der Waals surface area contributed by atoms with Crippen molar-refractivity contribution in [3.05, 3.63) is 0 Å². The first kappa shape index (κ1) is 12.8. The monoisotopic (exact) mass is 192 g/mol. The van der Waals surface area contributed by atoms with Crippen LogP contribution in [-0.4, -0.2) is 46.9 Å². The van der Waals surface area contributed by atoms with E-state index in [1.807, 2.05) is 0 Å². The van der Waals surface area contributed by atoms with Gasteiger partial charge in [-0.2, -0.15) is 0 Å². The molecule has 3 N–H and O–H groups in total. The normalized spacial score (nSPS) is 12.0. The van der Waals surface area contributed by atoms with Crippen LogP contribution in [0, 0.1) is 0 Å². The summed E-state index contributed by atoms with van der Waals surface area (Å²) in [7, 11) is 4.65. The van der Waals surface area contributed by atoms with Gasteiger partial charge in [-0.3, -0.25) is 0 Å². The van der Waals surface area contributed by atoms with Crippen LogP contribution in [0.15, 0.2) is 0 Å². The molecule has 13 heavy (non-hydrogen) atoms. The fourth-order valence-corrected chi connectivity index (χ4v) is 1.02. The van der Waals surface area contributed by atoms with Crippen molar-refractivity contribution in [2.75, 3.05) is 41.0 Å². The molecule has 5 heteroatoms. The molecule has 0 heterocycles. The third-order valence-corrected chi connectivity index (χ3v) is 1.86. The first-order chi connectivity index (χ1) is 6.24. The van der Waals surface area contributed by atoms with Gasteiger partial charge in [0, 0.05) is 47.4 Å². The predicted octanol–water partition coefficient (Wildman–Crippen LogP) is -0.482. The largest absolute Gasteiger partial charge is 0.331 e. The van der Waals surface area contributed by atoms with E-state index in [2.05, 4.69) is 5.32 Å². The molecule has 0 spiro atoms. The first-order valence-corrected chi connectivity index (χ1v) is 4.31. The maximum Gasteiger partial charge on any atom is 0.283 e. The van der Waals surface area contributed by atoms with E-state index in [0.29, 0.717) is 13.0 Å². The fraction of sp³-hybridized carbons (Fsp3) is 1.00. The van der Waals surface area contributed by atoms with Gasteiger partial charge in [-0.05, 0) is 0 Å². The lowest BCUT2D eigenvalue weighted by Gasteiger charge is -2.28. The number of methoxy groups -OCH3 is 3. The Labute approximate surface area is 79.5 Å². The summed E-state index contributed by atoms with van der Waals surface area (Å²) in [6.07, 6.45) is 0.622. The molecule has 0 aromatic carbocycles. The Bertz CT molecular complexity index is 110. The molecule has 0 unspecified atom stereocenters. The van der Waals surface area contributed by atoms with Crippen LogP contribution < -0.4 is 11.1 Å². The molecule has 0 bridgehead atoms. The third kappa shape index (κ3) is 4.54. The summed E-state index contributed by atoms with van der Waals surface area (Å²) in [5.41, 5.74) is 5.32. The lowest BCUT2D eigenvalue weighted by Crippen LogP contribution is -2.39. The molecule has 0 rings (SSSR count). The van der Waals surface area contributed by atoms with E-state index in [4.69, 9.17) is 19.9 Å². The van der Waals surface area contributed by atoms with Gasteiger partial charge in [-0.15, -0.1) is 0 Å². The number of nitrogens with two attached hydrogens (primary N) is 1. The minimum Gasteiger partial charge on any atom is -0.331 e. The van der Waals surface area contributed by atoms with Gasteiger partial charge < -0.3 is 25.3 Å². The van der Waals surface area contributed by atoms with E-state index >= 15 is 0 Å². The number of hydrogen-bond donors (Lipinski definition) is 2. The van der Waals surface area contributed by atoms with Crippen LogP contribution >= 0.6 is 0 Å². The molecule has 0 fully saturated rings. The van der Waals surface area contributed by atoms with Crippen molar-refractivity contribution in [3.63, 3.8) is 0 Å². The van der Waals surface area contributed by atoms with Crippen LogP contribution in [0.25, 0.3) is 0 Å². The van der Waals surface area contributed by atoms with Crippen LogP contribution in [-0.2, 0) is 14.2 Å². The Morgan fingerprint density at radius 1 is 1.08 bits per heavy atom. The lowest BCUT2D eigenvalue weighted by molar-refractivity contribution is -0.354. The first-order valence-electron chi connectivity index (χ1n) is 4.31. The second-order valence-corrected chi connectivity index (χ2v) is 2.58. The van der Waals surface area contributed by atoms with Gasteiger partial charge in [-0.1, -0.05) is 0 Å². The summed E-state index contributed by atoms with van der Waals surface area (Å²) in [4.78, 5) is 0. The van der Waals surface area contributed by atoms with Gasteiger partial charge in [0.2, 0.25) is 0 Å². The summed E-state index contributed by atoms with van der Waals surface area (Å²) >= 11 is 0. The summed E-state index contributed by atoms with van der Waals surface area (Å²) in [6.45, 7) is 2.15. The van der Waals surface area contributed by atoms with Gasteiger partial charge in [-0.25, -0.2) is 0 Å². The van der Waals surface area contributed by atoms with Gasteiger partial charge in [0.15, 0.2) is 0 Å². The Morgan fingerprint density at radius 3 is 2.00 bits per heavy atom. The third-order valence-electron chi connectivity index (χ3n) is 1.86. The second-order valence-electron chi connectivity index (χ2n) is 2.58. The highest BCUT2D eigenvalue weighted by molar-refractivity contribution is 4.58. The van der Waals surface area contributed by atoms with Crippen LogP contribution in [0.2, 0.25) is 0 Å². The summed E-state index contributed by atoms with van der Waals surface area (Å²) in [5, 5.41) is 3.13. The molecule has 0 radical (unpaired) electrons. The number of rotatable bonds is 8. The average Bonchev–Trinajstić information content (AvgIpc) is 2.20. The van der Waals surface area contributed by atoms with Crippen LogP contribution in [0.3, 0.4) is 0 Å². The van der Waals surface area contributed by atoms with Crippen LogP contribution in [0.5, 0.6) is 0 Å². The molecule has 0 saturated heterocycles. The highest BCUT2D eigenvalue weighted by atomic mass is 16.9. The van der Waals surface area contributed by atoms with E-state index < -0.39 is 5.97 Å². The summed E-state index contributed by atoms with van der Waals surface area (Å²) < 4.78 is 15.3. The molecular formula is C8H20N2O3. The molecule has 0 aliphatic carbocycles. The van der Waals surface area contributed by atoms with E-state index in [1.165, 1.54) is 0 Å². The van der Waals surface area contributed by atoms with E-state index in [-0.39, 0.29) is 0 Å². The van der Waals surface area contributed by atoms with Crippen molar-refractivity contribution in [3.8, 4) is 0 Å². The van der Waals surface area contributed by atoms with Crippen molar-refractivity contribution in [2.45, 2.75) is 12.4 Å². The van der Waals surface area contributed by atoms with E-state index in [9.17, 15) is 0 Å². The van der Waals surface area contributed by atoms with Crippen molar-refractivity contribution < 1.29 is 14.2 Å². The molecule has 5 nitrogen and oxygen atoms in total. The summed E-state index contributed by atoms with van der Waals surface area (Å²) in [5.74, 6) is -0.929. The highest BCUT2D eigenvalue weighted by Gasteiger charge is 2.28. The van der Waals surface area contributed by atoms with Crippen LogP contribution in [0.1, 0.15) is 6.42 Å². The Morgan fingerprint density at radius 2 is 1.62 bits per heavy atom. The van der Waals surface area contributed by atoms with Crippen molar-refractivity contribution in [1.29, 1.82) is 0 Å². The van der Waals surface area contributed by atoms with Crippen molar-refractivity contribution >= 4 is 0 Å². The number of hydrogen-bond acceptors (Lipinski definition) is 5. The SMILES string of the molecule is COC(CCNCCN)(OC)OC. The Hall–Kier alpha value is -0.200. The maximum absolute atomic E-state index is 5.32. The highest BCUT2D eigenvalue weighted by Crippen LogP contribution is 2.15. The van der Waals surface area contributed by atoms with Gasteiger partial charge >= 0.3 is 0 Å². The molecular weight excluding hydrogens is 172 g/mol. The smallest absolute Gasteiger partial charge is 0.283 e. The number of nitrogens with one attached hydrogen (secondary N) is 1.